The number of carbonyl (C=O) groups excluding carboxylic acids is 1. The Morgan fingerprint density at radius 1 is 1.86 bits per heavy atom. The Morgan fingerprint density at radius 2 is 2.29 bits per heavy atom. The summed E-state index contributed by atoms with van der Waals surface area (Å²) in [4.78, 5) is 9.19. The Balaban J connectivity index is 0. The average Bonchev–Trinajstić information content (AvgIpc) is 1.35. The maximum Gasteiger partial charge on any atom is 1.00 e. The van der Waals surface area contributed by atoms with Gasteiger partial charge in [-0.2, -0.15) is 0 Å². The average molecular weight is 94.0 g/mol. The zero-order valence-electron chi connectivity index (χ0n) is 4.01. The van der Waals surface area contributed by atoms with Crippen LogP contribution < -0.4 is 24.0 Å². The summed E-state index contributed by atoms with van der Waals surface area (Å²) in [7, 11) is 0. The summed E-state index contributed by atoms with van der Waals surface area (Å²) in [5, 5.41) is 9.19. The number of carboxylic acid groups (broad SMARTS) is 1. The van der Waals surface area contributed by atoms with E-state index < -0.39 is 6.16 Å². The fraction of sp³-hybridized carbons (Fsp3) is 0. The minimum atomic E-state index is -1.58. The van der Waals surface area contributed by atoms with E-state index in [-0.39, 0.29) is 18.9 Å². The molecule has 7 heavy (non-hydrogen) atoms. The van der Waals surface area contributed by atoms with E-state index in [4.69, 9.17) is 0 Å². The van der Waals surface area contributed by atoms with E-state index in [9.17, 15) is 9.90 Å². The molecule has 0 spiro atoms. The minimum Gasteiger partial charge on any atom is -0.522 e. The van der Waals surface area contributed by atoms with Gasteiger partial charge in [0.1, 0.15) is 0 Å². The maximum absolute atomic E-state index is 9.19. The zero-order valence-corrected chi connectivity index (χ0v) is 4.01. The van der Waals surface area contributed by atoms with E-state index in [0.717, 1.165) is 6.26 Å². The van der Waals surface area contributed by atoms with Crippen LogP contribution in [0.5, 0.6) is 0 Å². The molecule has 0 atom stereocenters. The summed E-state index contributed by atoms with van der Waals surface area (Å²) in [6.07, 6.45) is -0.792. The largest absolute Gasteiger partial charge is 1.00 e. The first-order valence-electron chi connectivity index (χ1n) is 1.26. The predicted molar refractivity (Wildman–Crippen MR) is 16.7 cm³/mol. The van der Waals surface area contributed by atoms with Crippen molar-refractivity contribution in [3.8, 4) is 0 Å². The number of hydrogen-bond donors (Lipinski definition) is 0. The first-order valence-corrected chi connectivity index (χ1v) is 1.26. The van der Waals surface area contributed by atoms with Gasteiger partial charge >= 0.3 is 18.9 Å². The minimum absolute atomic E-state index is 0. The van der Waals surface area contributed by atoms with Crippen LogP contribution in [0.3, 0.4) is 0 Å². The summed E-state index contributed by atoms with van der Waals surface area (Å²) in [5.41, 5.74) is 0. The van der Waals surface area contributed by atoms with Crippen LogP contribution in [0.4, 0.5) is 4.79 Å². The molecular formula is C3H3LiO3. The Kier molecular flexibility index (Phi) is 7.84. The molecule has 0 aliphatic carbocycles. The van der Waals surface area contributed by atoms with Crippen LogP contribution in [0.25, 0.3) is 0 Å². The normalized spacial score (nSPS) is 5.71. The molecule has 0 aromatic heterocycles. The van der Waals surface area contributed by atoms with Crippen molar-refractivity contribution < 1.29 is 33.5 Å². The summed E-state index contributed by atoms with van der Waals surface area (Å²) in [5.74, 6) is 0. The molecule has 0 radical (unpaired) electrons. The second-order valence-corrected chi connectivity index (χ2v) is 0.535. The molecule has 0 amide bonds. The van der Waals surface area contributed by atoms with Crippen molar-refractivity contribution in [2.45, 2.75) is 0 Å². The molecule has 0 N–H and O–H groups in total. The molecule has 0 aliphatic rings. The molecular weight excluding hydrogens is 91.0 g/mol. The third-order valence-corrected chi connectivity index (χ3v) is 0.180. The van der Waals surface area contributed by atoms with Gasteiger partial charge in [0.25, 0.3) is 6.16 Å². The number of rotatable bonds is 1. The topological polar surface area (TPSA) is 49.4 Å². The van der Waals surface area contributed by atoms with Crippen molar-refractivity contribution >= 4 is 6.16 Å². The van der Waals surface area contributed by atoms with Gasteiger partial charge in [0, 0.05) is 6.26 Å². The summed E-state index contributed by atoms with van der Waals surface area (Å²) in [6.45, 7) is 2.96. The third kappa shape index (κ3) is 10.7. The van der Waals surface area contributed by atoms with Gasteiger partial charge in [-0.05, 0) is 0 Å². The van der Waals surface area contributed by atoms with E-state index >= 15 is 0 Å². The number of carbonyl (C=O) groups is 1. The van der Waals surface area contributed by atoms with Crippen LogP contribution in [-0.2, 0) is 4.74 Å². The first-order chi connectivity index (χ1) is 2.77. The molecule has 3 nitrogen and oxygen atoms in total. The van der Waals surface area contributed by atoms with Gasteiger partial charge in [-0.25, -0.2) is 0 Å². The second kappa shape index (κ2) is 5.61. The fourth-order valence-electron chi connectivity index (χ4n) is 0.0680. The molecule has 0 saturated carbocycles. The van der Waals surface area contributed by atoms with E-state index in [0.29, 0.717) is 0 Å². The smallest absolute Gasteiger partial charge is 0.522 e. The molecule has 4 heteroatoms. The Labute approximate surface area is 53.1 Å². The van der Waals surface area contributed by atoms with E-state index in [1.165, 1.54) is 0 Å². The predicted octanol–water partition coefficient (Wildman–Crippen LogP) is -3.51. The SMILES string of the molecule is C=COC(=O)[O-].[Li+]. The molecule has 0 aromatic rings. The molecule has 0 bridgehead atoms. The molecule has 0 aliphatic heterocycles. The maximum atomic E-state index is 9.19. The number of hydrogen-bond acceptors (Lipinski definition) is 3. The second-order valence-electron chi connectivity index (χ2n) is 0.535. The van der Waals surface area contributed by atoms with Crippen LogP contribution in [-0.4, -0.2) is 6.16 Å². The number of ether oxygens (including phenoxy) is 1. The van der Waals surface area contributed by atoms with E-state index in [1.807, 2.05) is 0 Å². The van der Waals surface area contributed by atoms with Crippen LogP contribution in [0.2, 0.25) is 0 Å². The van der Waals surface area contributed by atoms with Crippen molar-refractivity contribution in [3.05, 3.63) is 12.8 Å². The molecule has 0 rings (SSSR count). The van der Waals surface area contributed by atoms with Crippen molar-refractivity contribution in [1.82, 2.24) is 0 Å². The first kappa shape index (κ1) is 9.79. The van der Waals surface area contributed by atoms with Gasteiger partial charge in [0.15, 0.2) is 0 Å². The third-order valence-electron chi connectivity index (χ3n) is 0.180. The summed E-state index contributed by atoms with van der Waals surface area (Å²) in [6, 6.07) is 0. The Hall–Kier alpha value is -0.393. The molecule has 0 heterocycles. The van der Waals surface area contributed by atoms with Crippen molar-refractivity contribution in [1.29, 1.82) is 0 Å². The molecule has 0 fully saturated rings. The van der Waals surface area contributed by atoms with Gasteiger partial charge < -0.3 is 14.6 Å². The van der Waals surface area contributed by atoms with Gasteiger partial charge in [-0.15, -0.1) is 0 Å². The van der Waals surface area contributed by atoms with Gasteiger partial charge in [0.2, 0.25) is 0 Å². The quantitative estimate of drug-likeness (QED) is 0.192. The van der Waals surface area contributed by atoms with Crippen LogP contribution in [0, 0.1) is 0 Å². The van der Waals surface area contributed by atoms with Crippen LogP contribution in [0.15, 0.2) is 12.8 Å². The monoisotopic (exact) mass is 94.0 g/mol. The molecule has 0 unspecified atom stereocenters. The Bertz CT molecular complexity index is 70.6. The van der Waals surface area contributed by atoms with Crippen LogP contribution in [0.1, 0.15) is 0 Å². The van der Waals surface area contributed by atoms with E-state index in [2.05, 4.69) is 11.3 Å². The summed E-state index contributed by atoms with van der Waals surface area (Å²) < 4.78 is 3.61. The standard InChI is InChI=1S/C3H4O3.Li/c1-2-6-3(4)5;/h2H,1H2,(H,4,5);/q;+1/p-1. The van der Waals surface area contributed by atoms with Crippen LogP contribution >= 0.6 is 0 Å². The molecule has 0 saturated heterocycles. The fourth-order valence-corrected chi connectivity index (χ4v) is 0.0680. The zero-order chi connectivity index (χ0) is 4.99. The summed E-state index contributed by atoms with van der Waals surface area (Å²) >= 11 is 0. The molecule has 0 aromatic carbocycles. The van der Waals surface area contributed by atoms with Crippen molar-refractivity contribution in [3.63, 3.8) is 0 Å². The molecule has 34 valence electrons. The van der Waals surface area contributed by atoms with Gasteiger partial charge in [-0.3, -0.25) is 0 Å². The van der Waals surface area contributed by atoms with Gasteiger partial charge in [0.05, 0.1) is 0 Å². The van der Waals surface area contributed by atoms with Gasteiger partial charge in [-0.1, -0.05) is 6.58 Å². The van der Waals surface area contributed by atoms with E-state index in [1.54, 1.807) is 0 Å². The van der Waals surface area contributed by atoms with Crippen molar-refractivity contribution in [2.75, 3.05) is 0 Å². The Morgan fingerprint density at radius 3 is 2.29 bits per heavy atom. The van der Waals surface area contributed by atoms with Crippen molar-refractivity contribution in [2.24, 2.45) is 0 Å².